The van der Waals surface area contributed by atoms with Gasteiger partial charge in [0.1, 0.15) is 5.75 Å². The molecule has 4 heteroatoms. The minimum absolute atomic E-state index is 0. The van der Waals surface area contributed by atoms with E-state index in [1.807, 2.05) is 25.1 Å². The molecule has 0 radical (unpaired) electrons. The molecule has 1 aromatic carbocycles. The van der Waals surface area contributed by atoms with Gasteiger partial charge in [0.25, 0.3) is 0 Å². The third-order valence-corrected chi connectivity index (χ3v) is 3.97. The standard InChI is InChI=1S/C15H22ClNO.ClH/c1-11(17)13-8-5-9-14(16)15(13)18-10-12-6-3-2-4-7-12;/h5,8-9,11-12H,2-4,6-7,10,17H2,1H3;1H. The van der Waals surface area contributed by atoms with Crippen LogP contribution in [-0.2, 0) is 0 Å². The van der Waals surface area contributed by atoms with E-state index in [2.05, 4.69) is 0 Å². The first-order valence-corrected chi connectivity index (χ1v) is 7.23. The van der Waals surface area contributed by atoms with E-state index in [9.17, 15) is 0 Å². The summed E-state index contributed by atoms with van der Waals surface area (Å²) in [5.74, 6) is 1.45. The summed E-state index contributed by atoms with van der Waals surface area (Å²) < 4.78 is 5.96. The van der Waals surface area contributed by atoms with Crippen LogP contribution >= 0.6 is 24.0 Å². The zero-order valence-corrected chi connectivity index (χ0v) is 13.0. The Balaban J connectivity index is 0.00000180. The first-order valence-electron chi connectivity index (χ1n) is 6.85. The fourth-order valence-corrected chi connectivity index (χ4v) is 2.83. The molecule has 0 spiro atoms. The molecular weight excluding hydrogens is 281 g/mol. The quantitative estimate of drug-likeness (QED) is 0.872. The molecule has 0 saturated heterocycles. The lowest BCUT2D eigenvalue weighted by Crippen LogP contribution is -2.17. The number of hydrogen-bond acceptors (Lipinski definition) is 2. The molecule has 0 aromatic heterocycles. The van der Waals surface area contributed by atoms with Crippen molar-refractivity contribution in [2.45, 2.75) is 45.1 Å². The summed E-state index contributed by atoms with van der Waals surface area (Å²) >= 11 is 6.21. The molecule has 1 aromatic rings. The largest absolute Gasteiger partial charge is 0.491 e. The van der Waals surface area contributed by atoms with E-state index >= 15 is 0 Å². The molecular formula is C15H23Cl2NO. The number of benzene rings is 1. The zero-order valence-electron chi connectivity index (χ0n) is 11.4. The molecule has 1 aliphatic carbocycles. The van der Waals surface area contributed by atoms with Crippen LogP contribution in [0.15, 0.2) is 18.2 Å². The van der Waals surface area contributed by atoms with Gasteiger partial charge in [0.2, 0.25) is 0 Å². The summed E-state index contributed by atoms with van der Waals surface area (Å²) in [6, 6.07) is 5.73. The van der Waals surface area contributed by atoms with Crippen LogP contribution in [-0.4, -0.2) is 6.61 Å². The Bertz CT molecular complexity index is 390. The van der Waals surface area contributed by atoms with Gasteiger partial charge in [0, 0.05) is 11.6 Å². The second kappa shape index (κ2) is 7.98. The molecule has 1 fully saturated rings. The molecule has 19 heavy (non-hydrogen) atoms. The van der Waals surface area contributed by atoms with Crippen molar-refractivity contribution in [3.63, 3.8) is 0 Å². The number of para-hydroxylation sites is 1. The highest BCUT2D eigenvalue weighted by molar-refractivity contribution is 6.32. The average Bonchev–Trinajstić information content (AvgIpc) is 2.38. The average molecular weight is 304 g/mol. The van der Waals surface area contributed by atoms with Crippen molar-refractivity contribution in [2.24, 2.45) is 11.7 Å². The van der Waals surface area contributed by atoms with Crippen molar-refractivity contribution in [3.05, 3.63) is 28.8 Å². The van der Waals surface area contributed by atoms with Crippen molar-refractivity contribution in [1.29, 1.82) is 0 Å². The highest BCUT2D eigenvalue weighted by atomic mass is 35.5. The first kappa shape index (κ1) is 16.6. The van der Waals surface area contributed by atoms with Crippen LogP contribution < -0.4 is 10.5 Å². The number of hydrogen-bond donors (Lipinski definition) is 1. The molecule has 2 N–H and O–H groups in total. The summed E-state index contributed by atoms with van der Waals surface area (Å²) in [4.78, 5) is 0. The van der Waals surface area contributed by atoms with E-state index in [0.29, 0.717) is 10.9 Å². The molecule has 1 atom stereocenters. The topological polar surface area (TPSA) is 35.2 Å². The van der Waals surface area contributed by atoms with Crippen LogP contribution in [0.3, 0.4) is 0 Å². The third-order valence-electron chi connectivity index (χ3n) is 3.68. The minimum atomic E-state index is -0.0509. The molecule has 2 nitrogen and oxygen atoms in total. The molecule has 0 aliphatic heterocycles. The molecule has 1 saturated carbocycles. The van der Waals surface area contributed by atoms with Crippen molar-refractivity contribution in [1.82, 2.24) is 0 Å². The van der Waals surface area contributed by atoms with Crippen molar-refractivity contribution in [3.8, 4) is 5.75 Å². The fraction of sp³-hybridized carbons (Fsp3) is 0.600. The van der Waals surface area contributed by atoms with Crippen LogP contribution in [0, 0.1) is 5.92 Å². The van der Waals surface area contributed by atoms with Gasteiger partial charge >= 0.3 is 0 Å². The SMILES string of the molecule is CC(N)c1cccc(Cl)c1OCC1CCCCC1.Cl. The van der Waals surface area contributed by atoms with Gasteiger partial charge in [0.15, 0.2) is 0 Å². The minimum Gasteiger partial charge on any atom is -0.491 e. The Hall–Kier alpha value is -0.440. The number of nitrogens with two attached hydrogens (primary N) is 1. The Morgan fingerprint density at radius 3 is 2.63 bits per heavy atom. The number of ether oxygens (including phenoxy) is 1. The van der Waals surface area contributed by atoms with Crippen molar-refractivity contribution in [2.75, 3.05) is 6.61 Å². The van der Waals surface area contributed by atoms with Gasteiger partial charge in [-0.15, -0.1) is 12.4 Å². The van der Waals surface area contributed by atoms with Crippen LogP contribution in [0.2, 0.25) is 5.02 Å². The van der Waals surface area contributed by atoms with Gasteiger partial charge in [-0.2, -0.15) is 0 Å². The second-order valence-corrected chi connectivity index (χ2v) is 5.67. The van der Waals surface area contributed by atoms with Gasteiger partial charge in [-0.1, -0.05) is 43.0 Å². The van der Waals surface area contributed by atoms with Gasteiger partial charge in [-0.05, 0) is 31.7 Å². The Morgan fingerprint density at radius 2 is 2.00 bits per heavy atom. The first-order chi connectivity index (χ1) is 8.68. The Labute approximate surface area is 127 Å². The summed E-state index contributed by atoms with van der Waals surface area (Å²) in [5.41, 5.74) is 6.95. The highest BCUT2D eigenvalue weighted by Crippen LogP contribution is 2.33. The summed E-state index contributed by atoms with van der Waals surface area (Å²) in [6.45, 7) is 2.72. The second-order valence-electron chi connectivity index (χ2n) is 5.26. The molecule has 1 unspecified atom stereocenters. The van der Waals surface area contributed by atoms with E-state index in [-0.39, 0.29) is 18.4 Å². The third kappa shape index (κ3) is 4.55. The maximum atomic E-state index is 6.21. The van der Waals surface area contributed by atoms with Gasteiger partial charge in [0.05, 0.1) is 11.6 Å². The normalized spacial score (nSPS) is 17.6. The van der Waals surface area contributed by atoms with E-state index < -0.39 is 0 Å². The lowest BCUT2D eigenvalue weighted by atomic mass is 9.90. The number of halogens is 2. The molecule has 0 bridgehead atoms. The smallest absolute Gasteiger partial charge is 0.142 e. The van der Waals surface area contributed by atoms with Crippen LogP contribution in [0.4, 0.5) is 0 Å². The van der Waals surface area contributed by atoms with E-state index in [1.54, 1.807) is 0 Å². The highest BCUT2D eigenvalue weighted by Gasteiger charge is 2.17. The predicted octanol–water partition coefficient (Wildman–Crippen LogP) is 4.74. The van der Waals surface area contributed by atoms with Crippen LogP contribution in [0.5, 0.6) is 5.75 Å². The number of rotatable bonds is 4. The monoisotopic (exact) mass is 303 g/mol. The van der Waals surface area contributed by atoms with E-state index in [1.165, 1.54) is 32.1 Å². The Morgan fingerprint density at radius 1 is 1.32 bits per heavy atom. The van der Waals surface area contributed by atoms with E-state index in [0.717, 1.165) is 17.9 Å². The van der Waals surface area contributed by atoms with Crippen molar-refractivity contribution < 1.29 is 4.74 Å². The maximum Gasteiger partial charge on any atom is 0.142 e. The van der Waals surface area contributed by atoms with Crippen molar-refractivity contribution >= 4 is 24.0 Å². The van der Waals surface area contributed by atoms with Crippen LogP contribution in [0.1, 0.15) is 50.6 Å². The van der Waals surface area contributed by atoms with Crippen LogP contribution in [0.25, 0.3) is 0 Å². The summed E-state index contributed by atoms with van der Waals surface area (Å²) in [7, 11) is 0. The molecule has 0 amide bonds. The fourth-order valence-electron chi connectivity index (χ4n) is 2.59. The predicted molar refractivity (Wildman–Crippen MR) is 83.4 cm³/mol. The molecule has 2 rings (SSSR count). The summed E-state index contributed by atoms with van der Waals surface area (Å²) in [5, 5.41) is 0.667. The van der Waals surface area contributed by atoms with Gasteiger partial charge in [-0.25, -0.2) is 0 Å². The molecule has 108 valence electrons. The zero-order chi connectivity index (χ0) is 13.0. The van der Waals surface area contributed by atoms with Gasteiger partial charge < -0.3 is 10.5 Å². The lowest BCUT2D eigenvalue weighted by Gasteiger charge is -2.23. The lowest BCUT2D eigenvalue weighted by molar-refractivity contribution is 0.207. The molecule has 0 heterocycles. The molecule has 1 aliphatic rings. The van der Waals surface area contributed by atoms with E-state index in [4.69, 9.17) is 22.1 Å². The maximum absolute atomic E-state index is 6.21. The summed E-state index contributed by atoms with van der Waals surface area (Å²) in [6.07, 6.45) is 6.58. The Kier molecular flexibility index (Phi) is 6.98. The van der Waals surface area contributed by atoms with Gasteiger partial charge in [-0.3, -0.25) is 0 Å².